The average molecular weight is 187 g/mol. The highest BCUT2D eigenvalue weighted by Crippen LogP contribution is 2.02. The molecule has 1 atom stereocenters. The minimum atomic E-state index is 0.309. The topological polar surface area (TPSA) is 21.7 Å². The van der Waals surface area contributed by atoms with Gasteiger partial charge >= 0.3 is 0 Å². The molecule has 1 rings (SSSR count). The molecule has 1 aliphatic heterocycles. The van der Waals surface area contributed by atoms with Crippen LogP contribution in [0.25, 0.3) is 0 Å². The molecule has 0 bridgehead atoms. The zero-order valence-corrected chi connectivity index (χ0v) is 8.79. The third-order valence-corrected chi connectivity index (χ3v) is 2.41. The predicted molar refractivity (Wildman–Crippen MR) is 53.0 cm³/mol. The van der Waals surface area contributed by atoms with Gasteiger partial charge in [0.05, 0.1) is 19.3 Å². The number of hydrogen-bond acceptors (Lipinski definition) is 3. The second kappa shape index (κ2) is 6.35. The van der Waals surface area contributed by atoms with Gasteiger partial charge in [-0.1, -0.05) is 6.92 Å². The third kappa shape index (κ3) is 4.60. The highest BCUT2D eigenvalue weighted by atomic mass is 16.5. The molecule has 3 nitrogen and oxygen atoms in total. The fourth-order valence-corrected chi connectivity index (χ4v) is 1.42. The van der Waals surface area contributed by atoms with Crippen LogP contribution in [0.1, 0.15) is 19.8 Å². The number of rotatable bonds is 1. The van der Waals surface area contributed by atoms with Crippen molar-refractivity contribution in [2.75, 3.05) is 40.0 Å². The Labute approximate surface area is 81.0 Å². The van der Waals surface area contributed by atoms with Crippen molar-refractivity contribution >= 4 is 0 Å². The molecule has 1 fully saturated rings. The van der Waals surface area contributed by atoms with Crippen LogP contribution in [-0.4, -0.2) is 51.0 Å². The molecule has 0 amide bonds. The van der Waals surface area contributed by atoms with Crippen LogP contribution in [0.5, 0.6) is 0 Å². The Morgan fingerprint density at radius 1 is 1.31 bits per heavy atom. The SMILES string of the molecule is CCC1COCCN(C)CCCO1. The summed E-state index contributed by atoms with van der Waals surface area (Å²) in [6, 6.07) is 0. The van der Waals surface area contributed by atoms with Crippen LogP contribution in [0.3, 0.4) is 0 Å². The van der Waals surface area contributed by atoms with Gasteiger partial charge in [0.15, 0.2) is 0 Å². The number of ether oxygens (including phenoxy) is 2. The summed E-state index contributed by atoms with van der Waals surface area (Å²) in [5.74, 6) is 0. The number of likely N-dealkylation sites (N-methyl/N-ethyl adjacent to an activating group) is 1. The van der Waals surface area contributed by atoms with E-state index in [4.69, 9.17) is 9.47 Å². The van der Waals surface area contributed by atoms with Crippen LogP contribution in [0.15, 0.2) is 0 Å². The molecule has 0 aliphatic carbocycles. The zero-order valence-electron chi connectivity index (χ0n) is 8.79. The Hall–Kier alpha value is -0.120. The van der Waals surface area contributed by atoms with E-state index >= 15 is 0 Å². The monoisotopic (exact) mass is 187 g/mol. The van der Waals surface area contributed by atoms with Gasteiger partial charge in [-0.05, 0) is 19.9 Å². The lowest BCUT2D eigenvalue weighted by Gasteiger charge is -2.22. The van der Waals surface area contributed by atoms with Gasteiger partial charge in [0.1, 0.15) is 0 Å². The lowest BCUT2D eigenvalue weighted by Crippen LogP contribution is -2.30. The molecular weight excluding hydrogens is 166 g/mol. The molecule has 1 aliphatic rings. The fraction of sp³-hybridized carbons (Fsp3) is 1.00. The summed E-state index contributed by atoms with van der Waals surface area (Å²) in [6.07, 6.45) is 2.49. The number of nitrogens with zero attached hydrogens (tertiary/aromatic N) is 1. The Morgan fingerprint density at radius 3 is 2.92 bits per heavy atom. The van der Waals surface area contributed by atoms with E-state index in [-0.39, 0.29) is 0 Å². The molecule has 0 aromatic heterocycles. The third-order valence-electron chi connectivity index (χ3n) is 2.41. The van der Waals surface area contributed by atoms with Gasteiger partial charge in [-0.2, -0.15) is 0 Å². The van der Waals surface area contributed by atoms with Crippen molar-refractivity contribution in [1.82, 2.24) is 4.90 Å². The Bertz CT molecular complexity index is 118. The van der Waals surface area contributed by atoms with Crippen molar-refractivity contribution in [3.8, 4) is 0 Å². The van der Waals surface area contributed by atoms with E-state index in [1.54, 1.807) is 0 Å². The molecule has 13 heavy (non-hydrogen) atoms. The maximum atomic E-state index is 5.66. The zero-order chi connectivity index (χ0) is 9.52. The van der Waals surface area contributed by atoms with Gasteiger partial charge in [-0.25, -0.2) is 0 Å². The predicted octanol–water partition coefficient (Wildman–Crippen LogP) is 1.13. The molecule has 1 unspecified atom stereocenters. The first-order valence-corrected chi connectivity index (χ1v) is 5.21. The summed E-state index contributed by atoms with van der Waals surface area (Å²) in [4.78, 5) is 2.29. The van der Waals surface area contributed by atoms with Gasteiger partial charge in [0.2, 0.25) is 0 Å². The van der Waals surface area contributed by atoms with Gasteiger partial charge in [-0.3, -0.25) is 0 Å². The highest BCUT2D eigenvalue weighted by molar-refractivity contribution is 4.58. The van der Waals surface area contributed by atoms with E-state index < -0.39 is 0 Å². The maximum absolute atomic E-state index is 5.66. The van der Waals surface area contributed by atoms with Gasteiger partial charge in [0.25, 0.3) is 0 Å². The van der Waals surface area contributed by atoms with Crippen molar-refractivity contribution in [3.63, 3.8) is 0 Å². The number of hydrogen-bond donors (Lipinski definition) is 0. The van der Waals surface area contributed by atoms with Crippen molar-refractivity contribution in [2.45, 2.75) is 25.9 Å². The standard InChI is InChI=1S/C10H21NO2/c1-3-10-9-12-8-6-11(2)5-4-7-13-10/h10H,3-9H2,1-2H3. The van der Waals surface area contributed by atoms with E-state index in [9.17, 15) is 0 Å². The minimum absolute atomic E-state index is 0.309. The molecule has 0 radical (unpaired) electrons. The Kier molecular flexibility index (Phi) is 5.35. The molecule has 78 valence electrons. The lowest BCUT2D eigenvalue weighted by molar-refractivity contribution is -0.0314. The Morgan fingerprint density at radius 2 is 2.15 bits per heavy atom. The summed E-state index contributed by atoms with van der Waals surface area (Å²) in [5.41, 5.74) is 0. The largest absolute Gasteiger partial charge is 0.377 e. The molecular formula is C10H21NO2. The van der Waals surface area contributed by atoms with Gasteiger partial charge in [-0.15, -0.1) is 0 Å². The van der Waals surface area contributed by atoms with E-state index in [0.29, 0.717) is 6.10 Å². The Balaban J connectivity index is 2.24. The van der Waals surface area contributed by atoms with Crippen LogP contribution in [-0.2, 0) is 9.47 Å². The maximum Gasteiger partial charge on any atom is 0.0805 e. The van der Waals surface area contributed by atoms with Crippen LogP contribution < -0.4 is 0 Å². The second-order valence-corrected chi connectivity index (χ2v) is 3.63. The summed E-state index contributed by atoms with van der Waals surface area (Å²) in [6.45, 7) is 6.75. The normalized spacial score (nSPS) is 28.6. The van der Waals surface area contributed by atoms with Crippen LogP contribution in [0.4, 0.5) is 0 Å². The summed E-state index contributed by atoms with van der Waals surface area (Å²) < 4.78 is 11.2. The van der Waals surface area contributed by atoms with E-state index in [2.05, 4.69) is 18.9 Å². The molecule has 3 heteroatoms. The molecule has 1 heterocycles. The van der Waals surface area contributed by atoms with Crippen molar-refractivity contribution in [3.05, 3.63) is 0 Å². The molecule has 1 saturated heterocycles. The smallest absolute Gasteiger partial charge is 0.0805 e. The first-order valence-electron chi connectivity index (χ1n) is 5.21. The summed E-state index contributed by atoms with van der Waals surface area (Å²) in [7, 11) is 2.13. The van der Waals surface area contributed by atoms with Crippen LogP contribution >= 0.6 is 0 Å². The summed E-state index contributed by atoms with van der Waals surface area (Å²) >= 11 is 0. The van der Waals surface area contributed by atoms with Crippen LogP contribution in [0.2, 0.25) is 0 Å². The van der Waals surface area contributed by atoms with E-state index in [1.807, 2.05) is 0 Å². The lowest BCUT2D eigenvalue weighted by atomic mass is 10.3. The first-order chi connectivity index (χ1) is 6.33. The van der Waals surface area contributed by atoms with Gasteiger partial charge in [0, 0.05) is 19.7 Å². The van der Waals surface area contributed by atoms with E-state index in [1.165, 1.54) is 0 Å². The van der Waals surface area contributed by atoms with Crippen molar-refractivity contribution in [2.24, 2.45) is 0 Å². The second-order valence-electron chi connectivity index (χ2n) is 3.63. The fourth-order valence-electron chi connectivity index (χ4n) is 1.42. The molecule has 0 aromatic rings. The van der Waals surface area contributed by atoms with Crippen molar-refractivity contribution < 1.29 is 9.47 Å². The minimum Gasteiger partial charge on any atom is -0.377 e. The first kappa shape index (κ1) is 11.0. The summed E-state index contributed by atoms with van der Waals surface area (Å²) in [5, 5.41) is 0. The quantitative estimate of drug-likeness (QED) is 0.614. The molecule has 0 spiro atoms. The average Bonchev–Trinajstić information content (AvgIpc) is 2.16. The van der Waals surface area contributed by atoms with Gasteiger partial charge < -0.3 is 14.4 Å². The molecule has 0 aromatic carbocycles. The van der Waals surface area contributed by atoms with Crippen molar-refractivity contribution in [1.29, 1.82) is 0 Å². The van der Waals surface area contributed by atoms with E-state index in [0.717, 1.165) is 45.8 Å². The van der Waals surface area contributed by atoms with Crippen LogP contribution in [0, 0.1) is 0 Å². The molecule has 0 saturated carbocycles. The molecule has 0 N–H and O–H groups in total. The highest BCUT2D eigenvalue weighted by Gasteiger charge is 2.09.